The van der Waals surface area contributed by atoms with E-state index >= 15 is 0 Å². The van der Waals surface area contributed by atoms with Crippen LogP contribution in [0.2, 0.25) is 0 Å². The zero-order valence-electron chi connectivity index (χ0n) is 20.9. The number of aliphatic hydroxyl groups is 1. The lowest BCUT2D eigenvalue weighted by atomic mass is 9.89. The molecule has 1 saturated carbocycles. The molecule has 0 aliphatic heterocycles. The highest BCUT2D eigenvalue weighted by Gasteiger charge is 2.16. The van der Waals surface area contributed by atoms with E-state index in [0.29, 0.717) is 35.3 Å². The lowest BCUT2D eigenvalue weighted by Gasteiger charge is -2.21. The lowest BCUT2D eigenvalue weighted by molar-refractivity contribution is -0.120. The van der Waals surface area contributed by atoms with Crippen LogP contribution in [0.25, 0.3) is 10.9 Å². The molecule has 0 radical (unpaired) electrons. The number of aromatic hydroxyl groups is 1. The van der Waals surface area contributed by atoms with Gasteiger partial charge in [0.1, 0.15) is 5.75 Å². The summed E-state index contributed by atoms with van der Waals surface area (Å²) in [7, 11) is 0. The van der Waals surface area contributed by atoms with E-state index in [9.17, 15) is 19.8 Å². The van der Waals surface area contributed by atoms with Gasteiger partial charge in [0.15, 0.2) is 0 Å². The number of hydrogen-bond acceptors (Lipinski definition) is 5. The summed E-state index contributed by atoms with van der Waals surface area (Å²) in [4.78, 5) is 26.6. The quantitative estimate of drug-likeness (QED) is 0.297. The van der Waals surface area contributed by atoms with Gasteiger partial charge in [-0.15, -0.1) is 0 Å². The predicted molar refractivity (Wildman–Crippen MR) is 142 cm³/mol. The molecule has 2 atom stereocenters. The summed E-state index contributed by atoms with van der Waals surface area (Å²) in [6.07, 6.45) is 6.73. The molecule has 1 aliphatic carbocycles. The van der Waals surface area contributed by atoms with Gasteiger partial charge in [0.05, 0.1) is 18.0 Å². The van der Waals surface area contributed by atoms with Crippen LogP contribution in [0, 0.1) is 5.92 Å². The van der Waals surface area contributed by atoms with E-state index in [2.05, 4.69) is 34.7 Å². The number of carbonyl (C=O) groups is 1. The maximum atomic E-state index is 12.3. The number of H-pyrrole nitrogens is 1. The van der Waals surface area contributed by atoms with Gasteiger partial charge in [-0.25, -0.2) is 0 Å². The van der Waals surface area contributed by atoms with Gasteiger partial charge in [-0.1, -0.05) is 49.6 Å². The molecule has 0 unspecified atom stereocenters. The average Bonchev–Trinajstić information content (AvgIpc) is 2.88. The van der Waals surface area contributed by atoms with Crippen LogP contribution in [0.1, 0.15) is 61.8 Å². The normalized spacial score (nSPS) is 16.1. The Kier molecular flexibility index (Phi) is 8.78. The number of nitrogens with one attached hydrogen (secondary N) is 3. The Balaban J connectivity index is 1.25. The summed E-state index contributed by atoms with van der Waals surface area (Å²) in [6, 6.07) is 14.4. The molecule has 4 rings (SSSR count). The van der Waals surface area contributed by atoms with Crippen LogP contribution in [0.3, 0.4) is 0 Å². The van der Waals surface area contributed by atoms with Crippen molar-refractivity contribution in [2.24, 2.45) is 5.92 Å². The van der Waals surface area contributed by atoms with Crippen molar-refractivity contribution in [3.05, 3.63) is 75.6 Å². The highest BCUT2D eigenvalue weighted by Crippen LogP contribution is 2.28. The zero-order valence-corrected chi connectivity index (χ0v) is 20.9. The number of carbonyl (C=O) groups excluding carboxylic acids is 1. The molecule has 0 spiro atoms. The first kappa shape index (κ1) is 25.9. The third-order valence-corrected chi connectivity index (χ3v) is 7.17. The lowest BCUT2D eigenvalue weighted by Crippen LogP contribution is -2.32. The Hall–Kier alpha value is -3.16. The second-order valence-electron chi connectivity index (χ2n) is 10.1. The van der Waals surface area contributed by atoms with E-state index in [0.717, 1.165) is 24.1 Å². The van der Waals surface area contributed by atoms with Gasteiger partial charge >= 0.3 is 0 Å². The number of hydrogen-bond donors (Lipinski definition) is 5. The second kappa shape index (κ2) is 12.2. The molecular weight excluding hydrogens is 454 g/mol. The van der Waals surface area contributed by atoms with E-state index in [-0.39, 0.29) is 23.3 Å². The van der Waals surface area contributed by atoms with Crippen molar-refractivity contribution in [1.29, 1.82) is 0 Å². The van der Waals surface area contributed by atoms with E-state index in [1.165, 1.54) is 44.2 Å². The van der Waals surface area contributed by atoms with E-state index in [1.54, 1.807) is 12.1 Å². The molecule has 0 saturated heterocycles. The van der Waals surface area contributed by atoms with Gasteiger partial charge in [0.25, 0.3) is 0 Å². The molecule has 1 heterocycles. The summed E-state index contributed by atoms with van der Waals surface area (Å²) in [6.45, 7) is 3.19. The summed E-state index contributed by atoms with van der Waals surface area (Å²) in [5.41, 5.74) is 2.83. The number of benzene rings is 2. The molecule has 1 amide bonds. The molecule has 2 aromatic carbocycles. The third-order valence-electron chi connectivity index (χ3n) is 7.17. The highest BCUT2D eigenvalue weighted by atomic mass is 16.3. The average molecular weight is 492 g/mol. The molecule has 7 heteroatoms. The fraction of sp³-hybridized carbons (Fsp3) is 0.448. The standard InChI is InChI=1S/C29H37N3O4/c1-19(30-18-26(34)23-11-13-25(33)29-24(23)12-14-27(35)32-29)15-20-7-9-21(10-8-20)16-28(36)31-17-22-5-3-2-4-6-22/h7-14,19,22,26,30,33-34H,2-6,15-18H2,1H3,(H,31,36)(H,32,35)/t19-,26-/m1/s1. The Morgan fingerprint density at radius 1 is 1.03 bits per heavy atom. The van der Waals surface area contributed by atoms with Crippen molar-refractivity contribution >= 4 is 16.8 Å². The smallest absolute Gasteiger partial charge is 0.248 e. The molecule has 0 bridgehead atoms. The van der Waals surface area contributed by atoms with Gasteiger partial charge in [-0.3, -0.25) is 9.59 Å². The zero-order chi connectivity index (χ0) is 25.5. The minimum Gasteiger partial charge on any atom is -0.506 e. The molecule has 5 N–H and O–H groups in total. The van der Waals surface area contributed by atoms with Crippen LogP contribution in [0.4, 0.5) is 0 Å². The number of aromatic amines is 1. The maximum Gasteiger partial charge on any atom is 0.248 e. The molecule has 1 aromatic heterocycles. The Bertz CT molecular complexity index is 1220. The van der Waals surface area contributed by atoms with Crippen LogP contribution in [-0.2, 0) is 17.6 Å². The van der Waals surface area contributed by atoms with Crippen LogP contribution in [0.5, 0.6) is 5.75 Å². The van der Waals surface area contributed by atoms with Crippen molar-refractivity contribution in [1.82, 2.24) is 15.6 Å². The Morgan fingerprint density at radius 2 is 1.75 bits per heavy atom. The number of aliphatic hydroxyl groups excluding tert-OH is 1. The Morgan fingerprint density at radius 3 is 2.50 bits per heavy atom. The largest absolute Gasteiger partial charge is 0.506 e. The fourth-order valence-corrected chi connectivity index (χ4v) is 5.09. The van der Waals surface area contributed by atoms with Crippen LogP contribution < -0.4 is 16.2 Å². The number of rotatable bonds is 10. The van der Waals surface area contributed by atoms with E-state index < -0.39 is 6.10 Å². The summed E-state index contributed by atoms with van der Waals surface area (Å²) < 4.78 is 0. The molecule has 36 heavy (non-hydrogen) atoms. The fourth-order valence-electron chi connectivity index (χ4n) is 5.09. The number of amides is 1. The minimum atomic E-state index is -0.795. The molecule has 1 aliphatic rings. The number of phenols is 1. The van der Waals surface area contributed by atoms with Gasteiger partial charge in [0.2, 0.25) is 11.5 Å². The topological polar surface area (TPSA) is 114 Å². The number of pyridine rings is 1. The van der Waals surface area contributed by atoms with Crippen molar-refractivity contribution < 1.29 is 15.0 Å². The summed E-state index contributed by atoms with van der Waals surface area (Å²) >= 11 is 0. The summed E-state index contributed by atoms with van der Waals surface area (Å²) in [5.74, 6) is 0.697. The Labute approximate surface area is 212 Å². The predicted octanol–water partition coefficient (Wildman–Crippen LogP) is 3.73. The maximum absolute atomic E-state index is 12.3. The highest BCUT2D eigenvalue weighted by molar-refractivity contribution is 5.87. The summed E-state index contributed by atoms with van der Waals surface area (Å²) in [5, 5.41) is 27.9. The monoisotopic (exact) mass is 491 g/mol. The molecular formula is C29H37N3O4. The van der Waals surface area contributed by atoms with Crippen LogP contribution >= 0.6 is 0 Å². The molecule has 7 nitrogen and oxygen atoms in total. The van der Waals surface area contributed by atoms with Gasteiger partial charge in [0, 0.05) is 30.6 Å². The third kappa shape index (κ3) is 6.95. The SMILES string of the molecule is C[C@H](Cc1ccc(CC(=O)NCC2CCCCC2)cc1)NC[C@@H](O)c1ccc(O)c2[nH]c(=O)ccc12. The van der Waals surface area contributed by atoms with Crippen molar-refractivity contribution in [3.8, 4) is 5.75 Å². The molecule has 3 aromatic rings. The molecule has 1 fully saturated rings. The number of fused-ring (bicyclic) bond motifs is 1. The first-order valence-electron chi connectivity index (χ1n) is 13.0. The van der Waals surface area contributed by atoms with Gasteiger partial charge in [-0.2, -0.15) is 0 Å². The second-order valence-corrected chi connectivity index (χ2v) is 10.1. The van der Waals surface area contributed by atoms with Crippen molar-refractivity contribution in [3.63, 3.8) is 0 Å². The minimum absolute atomic E-state index is 0.0230. The van der Waals surface area contributed by atoms with Crippen molar-refractivity contribution in [2.45, 2.75) is 64.0 Å². The number of phenolic OH excluding ortho intramolecular Hbond substituents is 1. The van der Waals surface area contributed by atoms with E-state index in [1.807, 2.05) is 12.1 Å². The van der Waals surface area contributed by atoms with Crippen molar-refractivity contribution in [2.75, 3.05) is 13.1 Å². The first-order chi connectivity index (χ1) is 17.4. The van der Waals surface area contributed by atoms with Gasteiger partial charge in [-0.05, 0) is 60.9 Å². The van der Waals surface area contributed by atoms with E-state index in [4.69, 9.17) is 0 Å². The van der Waals surface area contributed by atoms with Crippen LogP contribution in [0.15, 0.2) is 53.3 Å². The van der Waals surface area contributed by atoms with Gasteiger partial charge < -0.3 is 25.8 Å². The first-order valence-corrected chi connectivity index (χ1v) is 13.0. The van der Waals surface area contributed by atoms with Crippen LogP contribution in [-0.4, -0.2) is 40.2 Å². The molecule has 192 valence electrons. The number of aromatic nitrogens is 1.